The zero-order valence-electron chi connectivity index (χ0n) is 27.1. The monoisotopic (exact) mass is 701 g/mol. The molecule has 2 saturated heterocycles. The Morgan fingerprint density at radius 3 is 2.41 bits per heavy atom. The summed E-state index contributed by atoms with van der Waals surface area (Å²) in [7, 11) is 1.65. The summed E-state index contributed by atoms with van der Waals surface area (Å²) in [5.74, 6) is -0.0545. The minimum atomic E-state index is -0.803. The number of pyridine rings is 1. The Balaban J connectivity index is 1.13. The van der Waals surface area contributed by atoms with E-state index in [9.17, 15) is 19.8 Å². The molecule has 2 aromatic carbocycles. The number of allylic oxidation sites excluding steroid dienone is 1. The third kappa shape index (κ3) is 6.63. The SMILES string of the molecule is COC1=NC(c2cccc(-c3cccc(-c4ccn5c(=O)c(CN6CC[C@H](C(=O)O)C6)cnc5c4)c3Cl)c2Cl)=CCC1CN1CC(CO)C1. The van der Waals surface area contributed by atoms with Crippen LogP contribution in [-0.2, 0) is 16.1 Å². The van der Waals surface area contributed by atoms with Crippen molar-refractivity contribution >= 4 is 46.4 Å². The molecule has 2 N–H and O–H groups in total. The van der Waals surface area contributed by atoms with Crippen LogP contribution in [0.1, 0.15) is 24.0 Å². The molecule has 4 aromatic rings. The zero-order chi connectivity index (χ0) is 34.2. The summed E-state index contributed by atoms with van der Waals surface area (Å²) in [6.45, 7) is 4.24. The van der Waals surface area contributed by atoms with E-state index >= 15 is 0 Å². The number of aliphatic imine (C=N–C) groups is 1. The number of carbonyl (C=O) groups is 1. The summed E-state index contributed by atoms with van der Waals surface area (Å²) >= 11 is 14.2. The van der Waals surface area contributed by atoms with Gasteiger partial charge < -0.3 is 19.8 Å². The number of aliphatic hydroxyl groups is 1. The molecule has 0 aliphatic carbocycles. The number of likely N-dealkylation sites (tertiary alicyclic amines) is 2. The standard InChI is InChI=1S/C37H37Cl2N5O5/c1-49-35-24(18-43-16-22(17-43)21-45)8-9-31(41-35)30-7-3-6-29(34(30)39)28-5-2-4-27(33(28)38)23-11-13-44-32(14-23)40-15-26(36(44)46)20-42-12-10-25(19-42)37(47)48/h2-7,9,11,13-15,22,24-25,45H,8,10,12,16-21H2,1H3,(H,47,48)/t24?,25-/m0/s1. The number of methoxy groups -OCH3 is 1. The van der Waals surface area contributed by atoms with Crippen LogP contribution in [0.25, 0.3) is 33.6 Å². The van der Waals surface area contributed by atoms with E-state index in [-0.39, 0.29) is 18.1 Å². The van der Waals surface area contributed by atoms with E-state index in [1.807, 2.05) is 53.4 Å². The van der Waals surface area contributed by atoms with E-state index in [0.717, 1.165) is 59.6 Å². The van der Waals surface area contributed by atoms with E-state index in [0.29, 0.717) is 59.1 Å². The number of halogens is 2. The Morgan fingerprint density at radius 2 is 1.71 bits per heavy atom. The number of rotatable bonds is 9. The highest BCUT2D eigenvalue weighted by molar-refractivity contribution is 6.39. The second-order valence-corrected chi connectivity index (χ2v) is 13.8. The van der Waals surface area contributed by atoms with Crippen LogP contribution in [0.3, 0.4) is 0 Å². The van der Waals surface area contributed by atoms with Gasteiger partial charge in [-0.25, -0.2) is 9.98 Å². The maximum Gasteiger partial charge on any atom is 0.307 e. The molecular formula is C37H37Cl2N5O5. The second kappa shape index (κ2) is 14.0. The molecule has 3 aliphatic heterocycles. The van der Waals surface area contributed by atoms with Gasteiger partial charge in [0.05, 0.1) is 40.3 Å². The lowest BCUT2D eigenvalue weighted by Crippen LogP contribution is -2.51. The second-order valence-electron chi connectivity index (χ2n) is 13.1. The average molecular weight is 703 g/mol. The van der Waals surface area contributed by atoms with Crippen molar-refractivity contribution in [3.05, 3.63) is 98.5 Å². The maximum atomic E-state index is 13.3. The van der Waals surface area contributed by atoms with Crippen molar-refractivity contribution in [2.45, 2.75) is 19.4 Å². The number of carboxylic acid groups (broad SMARTS) is 1. The lowest BCUT2D eigenvalue weighted by Gasteiger charge is -2.40. The van der Waals surface area contributed by atoms with Crippen molar-refractivity contribution in [2.24, 2.45) is 22.7 Å². The van der Waals surface area contributed by atoms with E-state index < -0.39 is 11.9 Å². The summed E-state index contributed by atoms with van der Waals surface area (Å²) in [4.78, 5) is 38.4. The van der Waals surface area contributed by atoms with Crippen LogP contribution in [0.2, 0.25) is 10.0 Å². The molecule has 2 atom stereocenters. The van der Waals surface area contributed by atoms with Crippen molar-refractivity contribution in [3.8, 4) is 22.3 Å². The molecule has 7 rings (SSSR count). The number of aliphatic carboxylic acids is 1. The van der Waals surface area contributed by atoms with Gasteiger partial charge in [0.2, 0.25) is 0 Å². The van der Waals surface area contributed by atoms with Crippen LogP contribution < -0.4 is 5.56 Å². The van der Waals surface area contributed by atoms with Crippen LogP contribution in [0, 0.1) is 17.8 Å². The van der Waals surface area contributed by atoms with Gasteiger partial charge in [-0.05, 0) is 37.1 Å². The van der Waals surface area contributed by atoms with Gasteiger partial charge in [-0.15, -0.1) is 0 Å². The van der Waals surface area contributed by atoms with E-state index in [2.05, 4.69) is 16.0 Å². The largest absolute Gasteiger partial charge is 0.484 e. The summed E-state index contributed by atoms with van der Waals surface area (Å²) in [6.07, 6.45) is 6.72. The molecule has 5 heterocycles. The number of hydrogen-bond acceptors (Lipinski definition) is 8. The molecule has 1 unspecified atom stereocenters. The Kier molecular flexibility index (Phi) is 9.59. The molecular weight excluding hydrogens is 665 g/mol. The molecule has 0 spiro atoms. The first-order valence-corrected chi connectivity index (χ1v) is 17.2. The first-order valence-electron chi connectivity index (χ1n) is 16.4. The molecule has 12 heteroatoms. The van der Waals surface area contributed by atoms with Gasteiger partial charge in [0.25, 0.3) is 5.56 Å². The van der Waals surface area contributed by atoms with Crippen molar-refractivity contribution in [3.63, 3.8) is 0 Å². The Morgan fingerprint density at radius 1 is 1.00 bits per heavy atom. The molecule has 0 amide bonds. The summed E-state index contributed by atoms with van der Waals surface area (Å²) in [5, 5.41) is 19.7. The number of benzene rings is 2. The molecule has 2 fully saturated rings. The number of aromatic nitrogens is 2. The Labute approximate surface area is 293 Å². The quantitative estimate of drug-likeness (QED) is 0.233. The van der Waals surface area contributed by atoms with Gasteiger partial charge in [0.15, 0.2) is 5.90 Å². The number of carboxylic acids is 1. The average Bonchev–Trinajstić information content (AvgIpc) is 3.57. The summed E-state index contributed by atoms with van der Waals surface area (Å²) < 4.78 is 7.23. The van der Waals surface area contributed by atoms with Gasteiger partial charge in [0.1, 0.15) is 5.65 Å². The third-order valence-electron chi connectivity index (χ3n) is 9.83. The third-order valence-corrected chi connectivity index (χ3v) is 10.6. The van der Waals surface area contributed by atoms with Gasteiger partial charge in [-0.2, -0.15) is 0 Å². The number of fused-ring (bicyclic) bond motifs is 1. The number of aliphatic hydroxyl groups excluding tert-OH is 1. The smallest absolute Gasteiger partial charge is 0.307 e. The molecule has 49 heavy (non-hydrogen) atoms. The minimum Gasteiger partial charge on any atom is -0.484 e. The topological polar surface area (TPSA) is 120 Å². The molecule has 2 aromatic heterocycles. The maximum absolute atomic E-state index is 13.3. The first kappa shape index (κ1) is 33.4. The van der Waals surface area contributed by atoms with Crippen molar-refractivity contribution in [1.29, 1.82) is 0 Å². The van der Waals surface area contributed by atoms with E-state index in [4.69, 9.17) is 32.9 Å². The number of hydrogen-bond donors (Lipinski definition) is 2. The van der Waals surface area contributed by atoms with Crippen molar-refractivity contribution in [1.82, 2.24) is 19.2 Å². The molecule has 0 radical (unpaired) electrons. The van der Waals surface area contributed by atoms with Crippen molar-refractivity contribution < 1.29 is 19.7 Å². The molecule has 10 nitrogen and oxygen atoms in total. The highest BCUT2D eigenvalue weighted by Gasteiger charge is 2.32. The fourth-order valence-electron chi connectivity index (χ4n) is 7.11. The molecule has 254 valence electrons. The zero-order valence-corrected chi connectivity index (χ0v) is 28.6. The number of ether oxygens (including phenoxy) is 1. The van der Waals surface area contributed by atoms with Gasteiger partial charge in [-0.1, -0.05) is 65.7 Å². The lowest BCUT2D eigenvalue weighted by atomic mass is 9.93. The van der Waals surface area contributed by atoms with E-state index in [1.54, 1.807) is 19.5 Å². The normalized spacial score (nSPS) is 20.2. The molecule has 0 bridgehead atoms. The molecule has 0 saturated carbocycles. The minimum absolute atomic E-state index is 0.136. The van der Waals surface area contributed by atoms with Gasteiger partial charge in [0, 0.05) is 79.9 Å². The highest BCUT2D eigenvalue weighted by atomic mass is 35.5. The van der Waals surface area contributed by atoms with Crippen LogP contribution in [0.15, 0.2) is 76.8 Å². The van der Waals surface area contributed by atoms with Crippen LogP contribution in [0.4, 0.5) is 0 Å². The Bertz CT molecular complexity index is 2040. The van der Waals surface area contributed by atoms with Crippen molar-refractivity contribution in [2.75, 3.05) is 46.4 Å². The van der Waals surface area contributed by atoms with Crippen LogP contribution >= 0.6 is 23.2 Å². The predicted octanol–water partition coefficient (Wildman–Crippen LogP) is 5.57. The summed E-state index contributed by atoms with van der Waals surface area (Å²) in [6, 6.07) is 15.3. The highest BCUT2D eigenvalue weighted by Crippen LogP contribution is 2.42. The Hall–Kier alpha value is -4.06. The number of nitrogens with zero attached hydrogens (tertiary/aromatic N) is 5. The molecule has 3 aliphatic rings. The summed E-state index contributed by atoms with van der Waals surface area (Å²) in [5.41, 5.74) is 5.45. The fraction of sp³-hybridized carbons (Fsp3) is 0.351. The predicted molar refractivity (Wildman–Crippen MR) is 191 cm³/mol. The van der Waals surface area contributed by atoms with Gasteiger partial charge >= 0.3 is 5.97 Å². The van der Waals surface area contributed by atoms with Crippen LogP contribution in [0.5, 0.6) is 0 Å². The van der Waals surface area contributed by atoms with E-state index in [1.165, 1.54) is 4.40 Å². The lowest BCUT2D eigenvalue weighted by molar-refractivity contribution is -0.141. The van der Waals surface area contributed by atoms with Crippen LogP contribution in [-0.4, -0.2) is 87.7 Å². The first-order chi connectivity index (χ1) is 23.7. The fourth-order valence-corrected chi connectivity index (χ4v) is 7.77. The van der Waals surface area contributed by atoms with Gasteiger partial charge in [-0.3, -0.25) is 18.9 Å².